The lowest BCUT2D eigenvalue weighted by Gasteiger charge is -1.99. The van der Waals surface area contributed by atoms with Gasteiger partial charge >= 0.3 is 0 Å². The average Bonchev–Trinajstić information content (AvgIpc) is 2.06. The van der Waals surface area contributed by atoms with E-state index in [1.807, 2.05) is 0 Å². The third-order valence-electron chi connectivity index (χ3n) is 1.29. The largest absolute Gasteiger partial charge is 0.247 e. The van der Waals surface area contributed by atoms with Crippen LogP contribution in [0.4, 0.5) is 4.39 Å². The van der Waals surface area contributed by atoms with Gasteiger partial charge < -0.3 is 0 Å². The van der Waals surface area contributed by atoms with Crippen molar-refractivity contribution in [3.8, 4) is 0 Å². The number of hydrogen-bond acceptors (Lipinski definition) is 4. The zero-order valence-electron chi connectivity index (χ0n) is 6.98. The van der Waals surface area contributed by atoms with Gasteiger partial charge in [-0.05, 0) is 12.1 Å². The Labute approximate surface area is 90.1 Å². The van der Waals surface area contributed by atoms with Crippen LogP contribution in [0, 0.1) is 5.82 Å². The molecule has 0 fully saturated rings. The van der Waals surface area contributed by atoms with Crippen LogP contribution >= 0.6 is 22.4 Å². The van der Waals surface area contributed by atoms with E-state index in [-0.39, 0.29) is 16.5 Å². The molecule has 0 saturated heterocycles. The molecule has 0 aliphatic rings. The summed E-state index contributed by atoms with van der Waals surface area (Å²) in [6, 6.07) is 2.74. The predicted octanol–water partition coefficient (Wildman–Crippen LogP) is 1.88. The van der Waals surface area contributed by atoms with Crippen molar-refractivity contribution in [3.63, 3.8) is 0 Å². The van der Waals surface area contributed by atoms with Crippen molar-refractivity contribution in [2.45, 2.75) is 5.03 Å². The van der Waals surface area contributed by atoms with Crippen LogP contribution in [-0.4, -0.2) is 24.9 Å². The summed E-state index contributed by atoms with van der Waals surface area (Å²) in [6.07, 6.45) is 1.45. The molecule has 1 rings (SSSR count). The van der Waals surface area contributed by atoms with Gasteiger partial charge in [0.25, 0.3) is 0 Å². The molecule has 1 heterocycles. The monoisotopic (exact) mass is 255 g/mol. The minimum absolute atomic E-state index is 0.188. The first-order valence-electron chi connectivity index (χ1n) is 3.65. The van der Waals surface area contributed by atoms with E-state index in [0.29, 0.717) is 0 Å². The van der Waals surface area contributed by atoms with Crippen LogP contribution in [0.1, 0.15) is 0 Å². The number of rotatable bonds is 4. The number of hydrogen-bond donors (Lipinski definition) is 0. The summed E-state index contributed by atoms with van der Waals surface area (Å²) < 4.78 is 34.0. The molecule has 1 aromatic heterocycles. The molecule has 0 aliphatic carbocycles. The number of pyridine rings is 1. The van der Waals surface area contributed by atoms with E-state index in [1.165, 1.54) is 18.3 Å². The molecule has 0 saturated carbocycles. The van der Waals surface area contributed by atoms with E-state index in [2.05, 4.69) is 4.98 Å². The maximum Gasteiger partial charge on any atom is 0.233 e. The van der Waals surface area contributed by atoms with Crippen LogP contribution in [-0.2, 0) is 9.05 Å². The number of halogens is 2. The second kappa shape index (κ2) is 4.95. The first kappa shape index (κ1) is 11.7. The van der Waals surface area contributed by atoms with E-state index in [9.17, 15) is 12.8 Å². The van der Waals surface area contributed by atoms with Gasteiger partial charge in [-0.25, -0.2) is 17.8 Å². The lowest BCUT2D eigenvalue weighted by Crippen LogP contribution is -2.00. The summed E-state index contributed by atoms with van der Waals surface area (Å²) in [5.74, 6) is -0.459. The van der Waals surface area contributed by atoms with E-state index in [0.717, 1.165) is 11.8 Å². The van der Waals surface area contributed by atoms with Gasteiger partial charge in [0.05, 0.1) is 5.75 Å². The van der Waals surface area contributed by atoms with E-state index in [4.69, 9.17) is 10.7 Å². The smallest absolute Gasteiger partial charge is 0.233 e. The Morgan fingerprint density at radius 3 is 2.86 bits per heavy atom. The Bertz CT molecular complexity index is 410. The molecule has 3 nitrogen and oxygen atoms in total. The van der Waals surface area contributed by atoms with Gasteiger partial charge in [0.2, 0.25) is 9.05 Å². The van der Waals surface area contributed by atoms with Crippen LogP contribution < -0.4 is 0 Å². The summed E-state index contributed by atoms with van der Waals surface area (Å²) in [6.45, 7) is 0. The van der Waals surface area contributed by atoms with Crippen LogP contribution in [0.3, 0.4) is 0 Å². The molecular formula is C7H7ClFNO2S2. The molecular weight excluding hydrogens is 249 g/mol. The number of thioether (sulfide) groups is 1. The SMILES string of the molecule is O=S(=O)(Cl)CCSc1ncccc1F. The molecule has 0 unspecified atom stereocenters. The van der Waals surface area contributed by atoms with Gasteiger partial charge in [0.1, 0.15) is 5.03 Å². The first-order valence-corrected chi connectivity index (χ1v) is 7.11. The van der Waals surface area contributed by atoms with Crippen molar-refractivity contribution in [2.24, 2.45) is 0 Å². The molecule has 14 heavy (non-hydrogen) atoms. The van der Waals surface area contributed by atoms with Gasteiger partial charge in [-0.15, -0.1) is 11.8 Å². The van der Waals surface area contributed by atoms with Crippen molar-refractivity contribution in [1.29, 1.82) is 0 Å². The quantitative estimate of drug-likeness (QED) is 0.609. The highest BCUT2D eigenvalue weighted by Gasteiger charge is 2.07. The molecule has 0 radical (unpaired) electrons. The fraction of sp³-hybridized carbons (Fsp3) is 0.286. The molecule has 1 aromatic rings. The molecule has 0 N–H and O–H groups in total. The van der Waals surface area contributed by atoms with Gasteiger partial charge in [-0.3, -0.25) is 0 Å². The van der Waals surface area contributed by atoms with Crippen molar-refractivity contribution >= 4 is 31.5 Å². The Hall–Kier alpha value is -0.330. The topological polar surface area (TPSA) is 47.0 Å². The maximum atomic E-state index is 12.9. The summed E-state index contributed by atoms with van der Waals surface area (Å²) in [7, 11) is 1.48. The van der Waals surface area contributed by atoms with Gasteiger partial charge in [0, 0.05) is 22.6 Å². The highest BCUT2D eigenvalue weighted by atomic mass is 35.7. The predicted molar refractivity (Wildman–Crippen MR) is 54.6 cm³/mol. The van der Waals surface area contributed by atoms with Crippen LogP contribution in [0.5, 0.6) is 0 Å². The van der Waals surface area contributed by atoms with E-state index < -0.39 is 14.9 Å². The molecule has 7 heteroatoms. The second-order valence-corrected chi connectivity index (χ2v) is 6.36. The van der Waals surface area contributed by atoms with Crippen LogP contribution in [0.15, 0.2) is 23.4 Å². The summed E-state index contributed by atoms with van der Waals surface area (Å²) in [5.41, 5.74) is 0. The van der Waals surface area contributed by atoms with Crippen molar-refractivity contribution in [3.05, 3.63) is 24.1 Å². The molecule has 0 atom stereocenters. The Kier molecular flexibility index (Phi) is 4.15. The molecule has 78 valence electrons. The number of aromatic nitrogens is 1. The average molecular weight is 256 g/mol. The molecule has 0 aliphatic heterocycles. The first-order chi connectivity index (χ1) is 6.49. The molecule has 0 amide bonds. The summed E-state index contributed by atoms with van der Waals surface area (Å²) in [4.78, 5) is 3.75. The molecule has 0 aromatic carbocycles. The molecule has 0 bridgehead atoms. The minimum atomic E-state index is -3.51. The van der Waals surface area contributed by atoms with Gasteiger partial charge in [-0.1, -0.05) is 0 Å². The number of nitrogens with zero attached hydrogens (tertiary/aromatic N) is 1. The summed E-state index contributed by atoms with van der Waals surface area (Å²) in [5, 5.41) is 0.188. The van der Waals surface area contributed by atoms with Crippen molar-refractivity contribution in [1.82, 2.24) is 4.98 Å². The normalized spacial score (nSPS) is 11.6. The lowest BCUT2D eigenvalue weighted by molar-refractivity contribution is 0.588. The highest BCUT2D eigenvalue weighted by molar-refractivity contribution is 8.14. The Balaban J connectivity index is 2.51. The van der Waals surface area contributed by atoms with E-state index in [1.54, 1.807) is 0 Å². The fourth-order valence-electron chi connectivity index (χ4n) is 0.715. The van der Waals surface area contributed by atoms with Gasteiger partial charge in [-0.2, -0.15) is 0 Å². The highest BCUT2D eigenvalue weighted by Crippen LogP contribution is 2.18. The second-order valence-electron chi connectivity index (χ2n) is 2.38. The standard InChI is InChI=1S/C7H7ClFNO2S2/c8-14(11,12)5-4-13-7-6(9)2-1-3-10-7/h1-3H,4-5H2. The van der Waals surface area contributed by atoms with Crippen LogP contribution in [0.25, 0.3) is 0 Å². The minimum Gasteiger partial charge on any atom is -0.247 e. The van der Waals surface area contributed by atoms with Crippen LogP contribution in [0.2, 0.25) is 0 Å². The zero-order chi connectivity index (χ0) is 10.6. The third kappa shape index (κ3) is 4.26. The zero-order valence-corrected chi connectivity index (χ0v) is 9.37. The fourth-order valence-corrected chi connectivity index (χ4v) is 2.95. The van der Waals surface area contributed by atoms with Crippen molar-refractivity contribution < 1.29 is 12.8 Å². The lowest BCUT2D eigenvalue weighted by atomic mass is 10.5. The van der Waals surface area contributed by atoms with Gasteiger partial charge in [0.15, 0.2) is 5.82 Å². The van der Waals surface area contributed by atoms with Crippen molar-refractivity contribution in [2.75, 3.05) is 11.5 Å². The van der Waals surface area contributed by atoms with E-state index >= 15 is 0 Å². The maximum absolute atomic E-state index is 12.9. The summed E-state index contributed by atoms with van der Waals surface area (Å²) >= 11 is 1.02. The Morgan fingerprint density at radius 2 is 2.29 bits per heavy atom. The third-order valence-corrected chi connectivity index (χ3v) is 3.69. The Morgan fingerprint density at radius 1 is 1.57 bits per heavy atom. The molecule has 0 spiro atoms.